The van der Waals surface area contributed by atoms with Crippen LogP contribution in [0, 0.1) is 12.7 Å². The smallest absolute Gasteiger partial charge is 0.274 e. The third kappa shape index (κ3) is 4.40. The average molecular weight is 406 g/mol. The molecule has 0 unspecified atom stereocenters. The normalized spacial score (nSPS) is 14.1. The predicted molar refractivity (Wildman–Crippen MR) is 113 cm³/mol. The van der Waals surface area contributed by atoms with Crippen LogP contribution < -0.4 is 10.5 Å². The lowest BCUT2D eigenvalue weighted by Crippen LogP contribution is -2.49. The van der Waals surface area contributed by atoms with Crippen molar-refractivity contribution in [2.45, 2.75) is 13.5 Å². The Kier molecular flexibility index (Phi) is 5.61. The van der Waals surface area contributed by atoms with Gasteiger partial charge in [-0.1, -0.05) is 29.8 Å². The highest BCUT2D eigenvalue weighted by Gasteiger charge is 2.23. The zero-order valence-electron chi connectivity index (χ0n) is 16.8. The second kappa shape index (κ2) is 8.49. The van der Waals surface area contributed by atoms with E-state index in [4.69, 9.17) is 0 Å². The van der Waals surface area contributed by atoms with Crippen molar-refractivity contribution in [3.63, 3.8) is 0 Å². The SMILES string of the molecule is Cc1ccc(Cn2nc(C(=O)N3CCN(c4ccc(F)cc4)CC3)ccc2=O)cc1. The van der Waals surface area contributed by atoms with Gasteiger partial charge in [0.05, 0.1) is 6.54 Å². The van der Waals surface area contributed by atoms with E-state index in [9.17, 15) is 14.0 Å². The molecule has 0 atom stereocenters. The minimum Gasteiger partial charge on any atom is -0.368 e. The quantitative estimate of drug-likeness (QED) is 0.669. The summed E-state index contributed by atoms with van der Waals surface area (Å²) in [5.74, 6) is -0.453. The number of halogens is 1. The van der Waals surface area contributed by atoms with E-state index in [1.54, 1.807) is 17.0 Å². The summed E-state index contributed by atoms with van der Waals surface area (Å²) < 4.78 is 14.4. The molecule has 154 valence electrons. The maximum Gasteiger partial charge on any atom is 0.274 e. The van der Waals surface area contributed by atoms with Crippen molar-refractivity contribution < 1.29 is 9.18 Å². The number of piperazine rings is 1. The van der Waals surface area contributed by atoms with E-state index in [1.807, 2.05) is 31.2 Å². The molecule has 30 heavy (non-hydrogen) atoms. The van der Waals surface area contributed by atoms with Crippen molar-refractivity contribution >= 4 is 11.6 Å². The van der Waals surface area contributed by atoms with Crippen LogP contribution in [0.3, 0.4) is 0 Å². The van der Waals surface area contributed by atoms with Crippen LogP contribution in [0.5, 0.6) is 0 Å². The van der Waals surface area contributed by atoms with Crippen molar-refractivity contribution in [3.05, 3.63) is 93.7 Å². The molecule has 1 aliphatic heterocycles. The van der Waals surface area contributed by atoms with Gasteiger partial charge in [-0.3, -0.25) is 9.59 Å². The molecule has 2 aromatic carbocycles. The number of amides is 1. The Bertz CT molecular complexity index is 1090. The maximum absolute atomic E-state index is 13.1. The van der Waals surface area contributed by atoms with E-state index in [2.05, 4.69) is 10.00 Å². The molecule has 7 heteroatoms. The largest absolute Gasteiger partial charge is 0.368 e. The third-order valence-corrected chi connectivity index (χ3v) is 5.30. The molecule has 6 nitrogen and oxygen atoms in total. The minimum absolute atomic E-state index is 0.189. The van der Waals surface area contributed by atoms with Gasteiger partial charge in [0.1, 0.15) is 11.5 Å². The zero-order chi connectivity index (χ0) is 21.1. The molecule has 1 saturated heterocycles. The van der Waals surface area contributed by atoms with E-state index in [0.717, 1.165) is 16.8 Å². The van der Waals surface area contributed by atoms with E-state index in [1.165, 1.54) is 28.9 Å². The highest BCUT2D eigenvalue weighted by Crippen LogP contribution is 2.17. The van der Waals surface area contributed by atoms with Gasteiger partial charge in [-0.15, -0.1) is 0 Å². The van der Waals surface area contributed by atoms with Crippen LogP contribution in [0.1, 0.15) is 21.6 Å². The molecule has 0 aliphatic carbocycles. The molecule has 1 aromatic heterocycles. The van der Waals surface area contributed by atoms with E-state index >= 15 is 0 Å². The van der Waals surface area contributed by atoms with Crippen LogP contribution in [0.2, 0.25) is 0 Å². The fourth-order valence-electron chi connectivity index (χ4n) is 3.52. The molecule has 2 heterocycles. The highest BCUT2D eigenvalue weighted by atomic mass is 19.1. The van der Waals surface area contributed by atoms with Crippen LogP contribution in [0.25, 0.3) is 0 Å². The predicted octanol–water partition coefficient (Wildman–Crippen LogP) is 2.70. The first-order valence-electron chi connectivity index (χ1n) is 9.93. The second-order valence-electron chi connectivity index (χ2n) is 7.46. The van der Waals surface area contributed by atoms with Gasteiger partial charge in [-0.25, -0.2) is 9.07 Å². The van der Waals surface area contributed by atoms with Gasteiger partial charge in [0, 0.05) is 37.9 Å². The summed E-state index contributed by atoms with van der Waals surface area (Å²) in [6.07, 6.45) is 0. The highest BCUT2D eigenvalue weighted by molar-refractivity contribution is 5.92. The van der Waals surface area contributed by atoms with Crippen LogP contribution in [0.15, 0.2) is 65.5 Å². The fraction of sp³-hybridized carbons (Fsp3) is 0.261. The van der Waals surface area contributed by atoms with Crippen LogP contribution >= 0.6 is 0 Å². The number of carbonyl (C=O) groups is 1. The summed E-state index contributed by atoms with van der Waals surface area (Å²) in [7, 11) is 0. The van der Waals surface area contributed by atoms with Crippen LogP contribution in [0.4, 0.5) is 10.1 Å². The summed E-state index contributed by atoms with van der Waals surface area (Å²) in [4.78, 5) is 29.0. The van der Waals surface area contributed by atoms with Gasteiger partial charge < -0.3 is 9.80 Å². The summed E-state index contributed by atoms with van der Waals surface area (Å²) in [6, 6.07) is 17.1. The number of carbonyl (C=O) groups excluding carboxylic acids is 1. The first-order valence-corrected chi connectivity index (χ1v) is 9.93. The van der Waals surface area contributed by atoms with E-state index in [-0.39, 0.29) is 23.0 Å². The van der Waals surface area contributed by atoms with Crippen molar-refractivity contribution in [2.75, 3.05) is 31.1 Å². The Morgan fingerprint density at radius 1 is 0.933 bits per heavy atom. The molecule has 1 fully saturated rings. The number of nitrogens with zero attached hydrogens (tertiary/aromatic N) is 4. The van der Waals surface area contributed by atoms with Gasteiger partial charge in [0.2, 0.25) is 0 Å². The Morgan fingerprint density at radius 2 is 1.60 bits per heavy atom. The minimum atomic E-state index is -0.264. The van der Waals surface area contributed by atoms with Gasteiger partial charge in [-0.2, -0.15) is 5.10 Å². The molecular formula is C23H23FN4O2. The summed E-state index contributed by atoms with van der Waals surface area (Å²) in [6.45, 7) is 4.70. The summed E-state index contributed by atoms with van der Waals surface area (Å²) in [5.41, 5.74) is 3.05. The van der Waals surface area contributed by atoms with Crippen molar-refractivity contribution in [2.24, 2.45) is 0 Å². The number of benzene rings is 2. The van der Waals surface area contributed by atoms with Crippen LogP contribution in [-0.2, 0) is 6.54 Å². The molecular weight excluding hydrogens is 383 g/mol. The van der Waals surface area contributed by atoms with Gasteiger partial charge in [-0.05, 0) is 42.8 Å². The number of aryl methyl sites for hydroxylation is 1. The first-order chi connectivity index (χ1) is 14.5. The number of rotatable bonds is 4. The number of anilines is 1. The summed E-state index contributed by atoms with van der Waals surface area (Å²) in [5, 5.41) is 4.31. The van der Waals surface area contributed by atoms with Crippen molar-refractivity contribution in [3.8, 4) is 0 Å². The standard InChI is InChI=1S/C23H23FN4O2/c1-17-2-4-18(5-3-17)16-28-22(29)11-10-21(25-28)23(30)27-14-12-26(13-15-27)20-8-6-19(24)7-9-20/h2-11H,12-16H2,1H3. The molecule has 0 saturated carbocycles. The molecule has 0 radical (unpaired) electrons. The molecule has 0 N–H and O–H groups in total. The third-order valence-electron chi connectivity index (χ3n) is 5.30. The average Bonchev–Trinajstić information content (AvgIpc) is 2.77. The van der Waals surface area contributed by atoms with Gasteiger partial charge in [0.25, 0.3) is 11.5 Å². The van der Waals surface area contributed by atoms with Crippen molar-refractivity contribution in [1.29, 1.82) is 0 Å². The van der Waals surface area contributed by atoms with E-state index in [0.29, 0.717) is 32.7 Å². The number of aromatic nitrogens is 2. The molecule has 1 aliphatic rings. The lowest BCUT2D eigenvalue weighted by atomic mass is 10.1. The Labute approximate surface area is 174 Å². The number of hydrogen-bond acceptors (Lipinski definition) is 4. The molecule has 1 amide bonds. The first kappa shape index (κ1) is 19.8. The second-order valence-corrected chi connectivity index (χ2v) is 7.46. The monoisotopic (exact) mass is 406 g/mol. The Hall–Kier alpha value is -3.48. The molecule has 3 aromatic rings. The number of hydrogen-bond donors (Lipinski definition) is 0. The summed E-state index contributed by atoms with van der Waals surface area (Å²) >= 11 is 0. The van der Waals surface area contributed by atoms with Crippen molar-refractivity contribution in [1.82, 2.24) is 14.7 Å². The fourth-order valence-corrected chi connectivity index (χ4v) is 3.52. The Balaban J connectivity index is 1.44. The maximum atomic E-state index is 13.1. The van der Waals surface area contributed by atoms with Gasteiger partial charge in [0.15, 0.2) is 0 Å². The zero-order valence-corrected chi connectivity index (χ0v) is 16.8. The van der Waals surface area contributed by atoms with Gasteiger partial charge >= 0.3 is 0 Å². The molecule has 0 spiro atoms. The molecule has 0 bridgehead atoms. The lowest BCUT2D eigenvalue weighted by Gasteiger charge is -2.36. The molecule has 4 rings (SSSR count). The Morgan fingerprint density at radius 3 is 2.27 bits per heavy atom. The van der Waals surface area contributed by atoms with E-state index < -0.39 is 0 Å². The topological polar surface area (TPSA) is 58.4 Å². The van der Waals surface area contributed by atoms with Crippen LogP contribution in [-0.4, -0.2) is 46.8 Å². The lowest BCUT2D eigenvalue weighted by molar-refractivity contribution is 0.0738.